The van der Waals surface area contributed by atoms with Crippen LogP contribution < -0.4 is 0 Å². The van der Waals surface area contributed by atoms with Crippen molar-refractivity contribution in [1.29, 1.82) is 0 Å². The summed E-state index contributed by atoms with van der Waals surface area (Å²) in [4.78, 5) is 5.10. The number of nitrogens with zero attached hydrogens (tertiary/aromatic N) is 2. The van der Waals surface area contributed by atoms with Crippen LogP contribution in [0.4, 0.5) is 0 Å². The molecule has 0 bridgehead atoms. The summed E-state index contributed by atoms with van der Waals surface area (Å²) in [6.07, 6.45) is 0. The topological polar surface area (TPSA) is 17.8 Å². The molecule has 0 N–H and O–H groups in total. The minimum absolute atomic E-state index is 0.367. The third kappa shape index (κ3) is 3.87. The quantitative estimate of drug-likeness (QED) is 0.273. The van der Waals surface area contributed by atoms with Crippen molar-refractivity contribution in [1.82, 2.24) is 9.55 Å². The first-order chi connectivity index (χ1) is 16.0. The molecule has 0 saturated heterocycles. The van der Waals surface area contributed by atoms with Gasteiger partial charge in [0.2, 0.25) is 0 Å². The zero-order valence-corrected chi connectivity index (χ0v) is 19.8. The molecule has 0 atom stereocenters. The number of fused-ring (bicyclic) bond motifs is 1. The van der Waals surface area contributed by atoms with Crippen LogP contribution in [-0.4, -0.2) is 9.55 Å². The SMILES string of the molecule is CC(C)c1cc(-c2ccccc2)cc(C(C)C)c1-n1c(-c2ccccc2)nc2ccccc21. The van der Waals surface area contributed by atoms with Gasteiger partial charge in [-0.25, -0.2) is 4.98 Å². The summed E-state index contributed by atoms with van der Waals surface area (Å²) >= 11 is 0. The van der Waals surface area contributed by atoms with Crippen LogP contribution in [0.3, 0.4) is 0 Å². The van der Waals surface area contributed by atoms with Crippen molar-refractivity contribution in [2.45, 2.75) is 39.5 Å². The first-order valence-corrected chi connectivity index (χ1v) is 11.8. The molecule has 33 heavy (non-hydrogen) atoms. The van der Waals surface area contributed by atoms with Gasteiger partial charge in [0.15, 0.2) is 0 Å². The van der Waals surface area contributed by atoms with E-state index in [1.54, 1.807) is 0 Å². The summed E-state index contributed by atoms with van der Waals surface area (Å²) in [7, 11) is 0. The summed E-state index contributed by atoms with van der Waals surface area (Å²) < 4.78 is 2.39. The highest BCUT2D eigenvalue weighted by Crippen LogP contribution is 2.39. The van der Waals surface area contributed by atoms with Crippen LogP contribution in [0, 0.1) is 0 Å². The maximum Gasteiger partial charge on any atom is 0.145 e. The van der Waals surface area contributed by atoms with E-state index < -0.39 is 0 Å². The standard InChI is InChI=1S/C31H30N2/c1-21(2)26-19-25(23-13-7-5-8-14-23)20-27(22(3)4)30(26)33-29-18-12-11-17-28(29)32-31(33)24-15-9-6-10-16-24/h5-22H,1-4H3. The molecule has 5 aromatic rings. The van der Waals surface area contributed by atoms with Crippen LogP contribution >= 0.6 is 0 Å². The van der Waals surface area contributed by atoms with Crippen LogP contribution in [0.25, 0.3) is 39.2 Å². The molecule has 0 aliphatic rings. The van der Waals surface area contributed by atoms with E-state index in [0.29, 0.717) is 11.8 Å². The highest BCUT2D eigenvalue weighted by atomic mass is 15.1. The lowest BCUT2D eigenvalue weighted by molar-refractivity contribution is 0.811. The molecule has 2 heteroatoms. The lowest BCUT2D eigenvalue weighted by Gasteiger charge is -2.24. The van der Waals surface area contributed by atoms with E-state index in [2.05, 4.69) is 129 Å². The van der Waals surface area contributed by atoms with Gasteiger partial charge in [0.25, 0.3) is 0 Å². The number of aromatic nitrogens is 2. The highest BCUT2D eigenvalue weighted by Gasteiger charge is 2.23. The van der Waals surface area contributed by atoms with E-state index in [1.165, 1.54) is 27.9 Å². The highest BCUT2D eigenvalue weighted by molar-refractivity contribution is 5.85. The molecular formula is C31H30N2. The Labute approximate surface area is 196 Å². The average Bonchev–Trinajstić information content (AvgIpc) is 3.23. The normalized spacial score (nSPS) is 11.6. The van der Waals surface area contributed by atoms with Crippen molar-refractivity contribution in [3.05, 3.63) is 108 Å². The van der Waals surface area contributed by atoms with Gasteiger partial charge in [-0.3, -0.25) is 4.57 Å². The predicted molar refractivity (Wildman–Crippen MR) is 140 cm³/mol. The van der Waals surface area contributed by atoms with E-state index in [0.717, 1.165) is 22.4 Å². The number of rotatable bonds is 5. The van der Waals surface area contributed by atoms with Gasteiger partial charge in [-0.1, -0.05) is 100 Å². The van der Waals surface area contributed by atoms with Crippen LogP contribution in [0.15, 0.2) is 97.1 Å². The Kier molecular flexibility index (Phi) is 5.60. The molecule has 0 fully saturated rings. The molecule has 4 aromatic carbocycles. The Balaban J connectivity index is 1.89. The molecule has 0 saturated carbocycles. The Morgan fingerprint density at radius 1 is 0.576 bits per heavy atom. The van der Waals surface area contributed by atoms with E-state index >= 15 is 0 Å². The Morgan fingerprint density at radius 3 is 1.67 bits per heavy atom. The van der Waals surface area contributed by atoms with E-state index in [1.807, 2.05) is 0 Å². The molecular weight excluding hydrogens is 400 g/mol. The van der Waals surface area contributed by atoms with Crippen molar-refractivity contribution >= 4 is 11.0 Å². The molecule has 1 heterocycles. The second-order valence-electron chi connectivity index (χ2n) is 9.30. The van der Waals surface area contributed by atoms with Crippen molar-refractivity contribution in [3.8, 4) is 28.2 Å². The second-order valence-corrected chi connectivity index (χ2v) is 9.30. The first-order valence-electron chi connectivity index (χ1n) is 11.8. The van der Waals surface area contributed by atoms with Crippen molar-refractivity contribution in [2.24, 2.45) is 0 Å². The van der Waals surface area contributed by atoms with E-state index in [4.69, 9.17) is 4.98 Å². The fourth-order valence-corrected chi connectivity index (χ4v) is 4.65. The van der Waals surface area contributed by atoms with Gasteiger partial charge in [0.05, 0.1) is 16.7 Å². The summed E-state index contributed by atoms with van der Waals surface area (Å²) in [5.41, 5.74) is 9.79. The number of imidazole rings is 1. The predicted octanol–water partition coefficient (Wildman–Crippen LogP) is 8.61. The average molecular weight is 431 g/mol. The third-order valence-corrected chi connectivity index (χ3v) is 6.34. The number of para-hydroxylation sites is 2. The molecule has 1 aromatic heterocycles. The minimum atomic E-state index is 0.367. The smallest absolute Gasteiger partial charge is 0.145 e. The molecule has 0 aliphatic carbocycles. The van der Waals surface area contributed by atoms with Gasteiger partial charge in [-0.05, 0) is 58.4 Å². The number of hydrogen-bond donors (Lipinski definition) is 0. The molecule has 2 nitrogen and oxygen atoms in total. The Bertz CT molecular complexity index is 1360. The fourth-order valence-electron chi connectivity index (χ4n) is 4.65. The summed E-state index contributed by atoms with van der Waals surface area (Å²) in [5, 5.41) is 0. The van der Waals surface area contributed by atoms with Gasteiger partial charge in [0, 0.05) is 5.56 Å². The van der Waals surface area contributed by atoms with Gasteiger partial charge in [-0.15, -0.1) is 0 Å². The largest absolute Gasteiger partial charge is 0.292 e. The molecule has 5 rings (SSSR count). The monoisotopic (exact) mass is 430 g/mol. The maximum atomic E-state index is 5.10. The van der Waals surface area contributed by atoms with Crippen LogP contribution in [0.1, 0.15) is 50.7 Å². The Hall–Kier alpha value is -3.65. The van der Waals surface area contributed by atoms with Crippen molar-refractivity contribution in [3.63, 3.8) is 0 Å². The third-order valence-electron chi connectivity index (χ3n) is 6.34. The zero-order chi connectivity index (χ0) is 22.9. The molecule has 0 radical (unpaired) electrons. The van der Waals surface area contributed by atoms with Gasteiger partial charge in [-0.2, -0.15) is 0 Å². The lowest BCUT2D eigenvalue weighted by Crippen LogP contribution is -2.09. The van der Waals surface area contributed by atoms with Gasteiger partial charge >= 0.3 is 0 Å². The van der Waals surface area contributed by atoms with E-state index in [9.17, 15) is 0 Å². The Morgan fingerprint density at radius 2 is 1.09 bits per heavy atom. The minimum Gasteiger partial charge on any atom is -0.292 e. The molecule has 0 amide bonds. The van der Waals surface area contributed by atoms with Crippen LogP contribution in [-0.2, 0) is 0 Å². The summed E-state index contributed by atoms with van der Waals surface area (Å²) in [6, 6.07) is 34.5. The molecule has 0 unspecified atom stereocenters. The first kappa shape index (κ1) is 21.2. The second kappa shape index (κ2) is 8.71. The fraction of sp³-hybridized carbons (Fsp3) is 0.194. The van der Waals surface area contributed by atoms with Crippen molar-refractivity contribution < 1.29 is 0 Å². The van der Waals surface area contributed by atoms with Crippen LogP contribution in [0.2, 0.25) is 0 Å². The lowest BCUT2D eigenvalue weighted by atomic mass is 9.88. The maximum absolute atomic E-state index is 5.10. The number of hydrogen-bond acceptors (Lipinski definition) is 1. The van der Waals surface area contributed by atoms with E-state index in [-0.39, 0.29) is 0 Å². The molecule has 164 valence electrons. The van der Waals surface area contributed by atoms with Gasteiger partial charge in [0.1, 0.15) is 5.82 Å². The number of benzene rings is 4. The van der Waals surface area contributed by atoms with Gasteiger partial charge < -0.3 is 0 Å². The van der Waals surface area contributed by atoms with Crippen LogP contribution in [0.5, 0.6) is 0 Å². The summed E-state index contributed by atoms with van der Waals surface area (Å²) in [5.74, 6) is 1.73. The molecule has 0 aliphatic heterocycles. The zero-order valence-electron chi connectivity index (χ0n) is 19.8. The van der Waals surface area contributed by atoms with Crippen molar-refractivity contribution in [2.75, 3.05) is 0 Å². The molecule has 0 spiro atoms. The summed E-state index contributed by atoms with van der Waals surface area (Å²) in [6.45, 7) is 9.16.